The molecular weight excluding hydrogens is 1230 g/mol. The van der Waals surface area contributed by atoms with Crippen LogP contribution in [0.15, 0.2) is 0 Å². The molecule has 5 unspecified atom stereocenters. The topological polar surface area (TPSA) is 237 Å². The Labute approximate surface area is 575 Å². The minimum absolute atomic E-state index is 0.105. The van der Waals surface area contributed by atoms with Gasteiger partial charge in [0.1, 0.15) is 19.3 Å². The first-order chi connectivity index (χ1) is 45.2. The van der Waals surface area contributed by atoms with E-state index < -0.39 is 97.5 Å². The number of phosphoric acid groups is 2. The maximum atomic E-state index is 13.1. The van der Waals surface area contributed by atoms with Crippen LogP contribution in [-0.4, -0.2) is 96.7 Å². The summed E-state index contributed by atoms with van der Waals surface area (Å²) in [5.74, 6) is 0.990. The second-order valence-corrected chi connectivity index (χ2v) is 31.1. The van der Waals surface area contributed by atoms with Gasteiger partial charge in [-0.25, -0.2) is 9.13 Å². The van der Waals surface area contributed by atoms with Gasteiger partial charge in [0.05, 0.1) is 26.4 Å². The zero-order valence-corrected chi connectivity index (χ0v) is 63.4. The van der Waals surface area contributed by atoms with Crippen LogP contribution in [0.25, 0.3) is 0 Å². The average Bonchev–Trinajstić information content (AvgIpc) is 3.52. The molecule has 0 spiro atoms. The van der Waals surface area contributed by atoms with E-state index in [1.165, 1.54) is 173 Å². The number of rotatable bonds is 72. The molecule has 0 heterocycles. The van der Waals surface area contributed by atoms with Crippen molar-refractivity contribution in [1.29, 1.82) is 0 Å². The van der Waals surface area contributed by atoms with Crippen molar-refractivity contribution < 1.29 is 80.2 Å². The highest BCUT2D eigenvalue weighted by Gasteiger charge is 2.30. The van der Waals surface area contributed by atoms with Gasteiger partial charge in [0, 0.05) is 25.7 Å². The second kappa shape index (κ2) is 64.4. The van der Waals surface area contributed by atoms with Crippen molar-refractivity contribution in [1.82, 2.24) is 0 Å². The van der Waals surface area contributed by atoms with Gasteiger partial charge in [-0.2, -0.15) is 0 Å². The van der Waals surface area contributed by atoms with E-state index in [4.69, 9.17) is 37.0 Å². The zero-order valence-electron chi connectivity index (χ0n) is 61.6. The number of carbonyl (C=O) groups is 4. The SMILES string of the molecule is CCC(C)CCCCCCCCCCCCC(=O)O[C@H](COC(=O)CCCCCCCCCCC(C)CC)COP(=O)(O)OC[C@@H](O)COP(=O)(O)OC[C@@H](COC(=O)CCCCCCCCC(C)CC)OC(=O)CCCCCCCCCCCCCCCCCC(C)C. The highest BCUT2D eigenvalue weighted by Crippen LogP contribution is 2.45. The molecular formula is C75H146O17P2. The zero-order chi connectivity index (χ0) is 69.6. The van der Waals surface area contributed by atoms with E-state index in [0.717, 1.165) is 120 Å². The number of hydrogen-bond donors (Lipinski definition) is 3. The van der Waals surface area contributed by atoms with Crippen molar-refractivity contribution in [3.8, 4) is 0 Å². The molecule has 0 rings (SSSR count). The molecule has 0 aliphatic heterocycles. The summed E-state index contributed by atoms with van der Waals surface area (Å²) in [7, 11) is -9.91. The number of phosphoric ester groups is 2. The lowest BCUT2D eigenvalue weighted by molar-refractivity contribution is -0.161. The second-order valence-electron chi connectivity index (χ2n) is 28.2. The lowest BCUT2D eigenvalue weighted by Gasteiger charge is -2.21. The summed E-state index contributed by atoms with van der Waals surface area (Å²) in [6.45, 7) is 14.2. The van der Waals surface area contributed by atoms with Crippen LogP contribution in [0.3, 0.4) is 0 Å². The van der Waals surface area contributed by atoms with Crippen LogP contribution in [-0.2, 0) is 65.4 Å². The van der Waals surface area contributed by atoms with E-state index >= 15 is 0 Å². The smallest absolute Gasteiger partial charge is 0.462 e. The Balaban J connectivity index is 5.25. The van der Waals surface area contributed by atoms with Crippen molar-refractivity contribution in [2.45, 2.75) is 395 Å². The van der Waals surface area contributed by atoms with Crippen molar-refractivity contribution >= 4 is 39.5 Å². The van der Waals surface area contributed by atoms with Gasteiger partial charge in [0.15, 0.2) is 12.2 Å². The standard InChI is InChI=1S/C75H146O17P2/c1-9-66(6)52-44-36-28-22-19-20-24-32-42-50-58-75(80)91-70(61-85-72(77)55-47-39-30-26-25-29-37-45-53-67(7)10-2)63-89-93(81,82)87-59-69(76)60-88-94(83,84)90-64-71(62-86-73(78)56-48-40-34-33-38-46-54-68(8)11-3)92-74(79)57-49-41-31-23-18-16-14-12-13-15-17-21-27-35-43-51-65(4)5/h65-71,76H,9-64H2,1-8H3,(H,81,82)(H,83,84)/t66?,67?,68?,69-,70-,71-/m1/s1. The Bertz CT molecular complexity index is 1860. The van der Waals surface area contributed by atoms with E-state index in [9.17, 15) is 43.2 Å². The minimum Gasteiger partial charge on any atom is -0.462 e. The number of carbonyl (C=O) groups excluding carboxylic acids is 4. The van der Waals surface area contributed by atoms with Crippen molar-refractivity contribution in [3.63, 3.8) is 0 Å². The maximum Gasteiger partial charge on any atom is 0.472 e. The predicted molar refractivity (Wildman–Crippen MR) is 381 cm³/mol. The summed E-state index contributed by atoms with van der Waals surface area (Å²) in [5.41, 5.74) is 0. The number of aliphatic hydroxyl groups excluding tert-OH is 1. The van der Waals surface area contributed by atoms with Crippen LogP contribution in [0.1, 0.15) is 376 Å². The molecule has 0 aliphatic rings. The molecule has 558 valence electrons. The molecule has 0 aromatic carbocycles. The van der Waals surface area contributed by atoms with Crippen molar-refractivity contribution in [3.05, 3.63) is 0 Å². The molecule has 0 bridgehead atoms. The number of hydrogen-bond acceptors (Lipinski definition) is 15. The van der Waals surface area contributed by atoms with E-state index in [1.807, 2.05) is 0 Å². The lowest BCUT2D eigenvalue weighted by atomic mass is 9.99. The monoisotopic (exact) mass is 1380 g/mol. The fourth-order valence-electron chi connectivity index (χ4n) is 11.3. The Morgan fingerprint density at radius 3 is 0.755 bits per heavy atom. The third-order valence-electron chi connectivity index (χ3n) is 18.4. The van der Waals surface area contributed by atoms with E-state index in [2.05, 4.69) is 55.4 Å². The lowest BCUT2D eigenvalue weighted by Crippen LogP contribution is -2.30. The Morgan fingerprint density at radius 2 is 0.511 bits per heavy atom. The third kappa shape index (κ3) is 64.7. The molecule has 0 saturated carbocycles. The fourth-order valence-corrected chi connectivity index (χ4v) is 12.9. The van der Waals surface area contributed by atoms with Crippen molar-refractivity contribution in [2.24, 2.45) is 23.7 Å². The van der Waals surface area contributed by atoms with Crippen LogP contribution < -0.4 is 0 Å². The van der Waals surface area contributed by atoms with Gasteiger partial charge >= 0.3 is 39.5 Å². The molecule has 0 amide bonds. The summed E-state index contributed by atoms with van der Waals surface area (Å²) in [4.78, 5) is 72.8. The summed E-state index contributed by atoms with van der Waals surface area (Å²) >= 11 is 0. The van der Waals surface area contributed by atoms with Gasteiger partial charge in [0.25, 0.3) is 0 Å². The van der Waals surface area contributed by atoms with E-state index in [1.54, 1.807) is 0 Å². The van der Waals surface area contributed by atoms with Gasteiger partial charge in [-0.1, -0.05) is 325 Å². The summed E-state index contributed by atoms with van der Waals surface area (Å²) in [6, 6.07) is 0. The van der Waals surface area contributed by atoms with Crippen LogP contribution in [0.5, 0.6) is 0 Å². The molecule has 94 heavy (non-hydrogen) atoms. The molecule has 0 radical (unpaired) electrons. The largest absolute Gasteiger partial charge is 0.472 e. The summed E-state index contributed by atoms with van der Waals surface area (Å²) in [5, 5.41) is 10.6. The maximum absolute atomic E-state index is 13.1. The van der Waals surface area contributed by atoms with E-state index in [-0.39, 0.29) is 25.7 Å². The highest BCUT2D eigenvalue weighted by atomic mass is 31.2. The molecule has 0 aromatic rings. The Morgan fingerprint density at radius 1 is 0.298 bits per heavy atom. The highest BCUT2D eigenvalue weighted by molar-refractivity contribution is 7.47. The molecule has 8 atom stereocenters. The molecule has 17 nitrogen and oxygen atoms in total. The van der Waals surface area contributed by atoms with Gasteiger partial charge in [-0.3, -0.25) is 37.3 Å². The average molecular weight is 1380 g/mol. The van der Waals surface area contributed by atoms with Gasteiger partial charge in [0.2, 0.25) is 0 Å². The first kappa shape index (κ1) is 92.1. The van der Waals surface area contributed by atoms with E-state index in [0.29, 0.717) is 25.7 Å². The van der Waals surface area contributed by atoms with Gasteiger partial charge in [-0.15, -0.1) is 0 Å². The molecule has 0 fully saturated rings. The molecule has 0 aromatic heterocycles. The molecule has 19 heteroatoms. The summed E-state index contributed by atoms with van der Waals surface area (Å²) in [6.07, 6.45) is 48.5. The minimum atomic E-state index is -4.96. The fraction of sp³-hybridized carbons (Fsp3) is 0.947. The number of unbranched alkanes of at least 4 members (excludes halogenated alkanes) is 35. The number of ether oxygens (including phenoxy) is 4. The quantitative estimate of drug-likeness (QED) is 0.0222. The van der Waals surface area contributed by atoms with Crippen LogP contribution in [0.2, 0.25) is 0 Å². The Kier molecular flexibility index (Phi) is 63.1. The Hall–Kier alpha value is -1.94. The normalized spacial score (nSPS) is 15.0. The first-order valence-corrected chi connectivity index (χ1v) is 41.8. The molecule has 0 saturated heterocycles. The van der Waals surface area contributed by atoms with Crippen LogP contribution in [0, 0.1) is 23.7 Å². The van der Waals surface area contributed by atoms with Crippen LogP contribution >= 0.6 is 15.6 Å². The van der Waals surface area contributed by atoms with Gasteiger partial charge < -0.3 is 33.8 Å². The number of aliphatic hydroxyl groups is 1. The third-order valence-corrected chi connectivity index (χ3v) is 20.3. The molecule has 0 aliphatic carbocycles. The predicted octanol–water partition coefficient (Wildman–Crippen LogP) is 21.7. The van der Waals surface area contributed by atoms with Crippen LogP contribution in [0.4, 0.5) is 0 Å². The molecule has 3 N–H and O–H groups in total. The number of esters is 4. The summed E-state index contributed by atoms with van der Waals surface area (Å²) < 4.78 is 68.5. The van der Waals surface area contributed by atoms with Gasteiger partial charge in [-0.05, 0) is 49.4 Å². The first-order valence-electron chi connectivity index (χ1n) is 38.8. The van der Waals surface area contributed by atoms with Crippen molar-refractivity contribution in [2.75, 3.05) is 39.6 Å².